The number of aryl methyl sites for hydroxylation is 1. The average molecular weight is 496 g/mol. The Kier molecular flexibility index (Phi) is 5.33. The van der Waals surface area contributed by atoms with Crippen LogP contribution < -0.4 is 10.2 Å². The summed E-state index contributed by atoms with van der Waals surface area (Å²) in [4.78, 5) is 22.6. The molecule has 2 fully saturated rings. The lowest BCUT2D eigenvalue weighted by molar-refractivity contribution is -0.140. The summed E-state index contributed by atoms with van der Waals surface area (Å²) < 4.78 is 69.5. The van der Waals surface area contributed by atoms with E-state index in [0.29, 0.717) is 25.5 Å². The Bertz CT molecular complexity index is 1330. The van der Waals surface area contributed by atoms with Gasteiger partial charge in [-0.05, 0) is 31.7 Å². The van der Waals surface area contributed by atoms with Crippen molar-refractivity contribution >= 4 is 22.9 Å². The number of hydrogen-bond donors (Lipinski definition) is 2. The van der Waals surface area contributed by atoms with Crippen molar-refractivity contribution in [1.29, 1.82) is 0 Å². The van der Waals surface area contributed by atoms with Crippen molar-refractivity contribution in [3.05, 3.63) is 29.5 Å². The first-order valence-corrected chi connectivity index (χ1v) is 11.0. The first-order valence-electron chi connectivity index (χ1n) is 11.0. The molecule has 0 atom stereocenters. The second-order valence-electron chi connectivity index (χ2n) is 8.99. The molecule has 2 saturated heterocycles. The minimum atomic E-state index is -5.15. The number of anilines is 1. The molecule has 0 radical (unpaired) electrons. The summed E-state index contributed by atoms with van der Waals surface area (Å²) in [5.41, 5.74) is -2.78. The van der Waals surface area contributed by atoms with Gasteiger partial charge in [-0.3, -0.25) is 4.79 Å². The summed E-state index contributed by atoms with van der Waals surface area (Å²) in [6.45, 7) is 1.18. The van der Waals surface area contributed by atoms with Crippen LogP contribution in [0.4, 0.5) is 27.9 Å². The number of alkyl halides is 3. The van der Waals surface area contributed by atoms with Gasteiger partial charge in [-0.2, -0.15) is 23.3 Å². The quantitative estimate of drug-likeness (QED) is 0.526. The fourth-order valence-corrected chi connectivity index (χ4v) is 4.90. The van der Waals surface area contributed by atoms with Gasteiger partial charge in [-0.25, -0.2) is 18.4 Å². The lowest BCUT2D eigenvalue weighted by Crippen LogP contribution is -2.57. The normalized spacial score (nSPS) is 18.3. The number of nitrogens with zero attached hydrogens (tertiary/aromatic N) is 5. The van der Waals surface area contributed by atoms with E-state index >= 15 is 0 Å². The number of phenols is 1. The molecule has 0 unspecified atom stereocenters. The maximum absolute atomic E-state index is 14.6. The number of hydrogen-bond acceptors (Lipinski definition) is 6. The molecule has 2 aliphatic heterocycles. The molecule has 0 aliphatic carbocycles. The van der Waals surface area contributed by atoms with Gasteiger partial charge in [0.05, 0.1) is 10.9 Å². The van der Waals surface area contributed by atoms with Crippen LogP contribution in [-0.4, -0.2) is 49.4 Å². The Labute approximate surface area is 195 Å². The minimum absolute atomic E-state index is 0.0533. The van der Waals surface area contributed by atoms with E-state index in [1.54, 1.807) is 0 Å². The zero-order chi connectivity index (χ0) is 25.1. The van der Waals surface area contributed by atoms with Crippen molar-refractivity contribution in [2.75, 3.05) is 18.0 Å². The third-order valence-electron chi connectivity index (χ3n) is 6.77. The molecule has 1 spiro atoms. The molecule has 2 aromatic heterocycles. The smallest absolute Gasteiger partial charge is 0.419 e. The Morgan fingerprint density at radius 1 is 1.14 bits per heavy atom. The number of fused-ring (bicyclic) bond motifs is 1. The fraction of sp³-hybridized carbons (Fsp3) is 0.455. The van der Waals surface area contributed by atoms with E-state index in [1.807, 2.05) is 4.90 Å². The third kappa shape index (κ3) is 3.92. The summed E-state index contributed by atoms with van der Waals surface area (Å²) in [7, 11) is 1.48. The largest absolute Gasteiger partial charge is 0.503 e. The number of carbonyl (C=O) groups excluding carboxylic acids is 1. The van der Waals surface area contributed by atoms with Crippen LogP contribution in [-0.2, 0) is 18.0 Å². The maximum Gasteiger partial charge on any atom is 0.419 e. The number of aromatic hydroxyl groups is 1. The van der Waals surface area contributed by atoms with Crippen LogP contribution in [0.15, 0.2) is 12.3 Å². The van der Waals surface area contributed by atoms with Crippen LogP contribution in [0.2, 0.25) is 0 Å². The highest BCUT2D eigenvalue weighted by molar-refractivity contribution is 5.91. The predicted molar refractivity (Wildman–Crippen MR) is 114 cm³/mol. The summed E-state index contributed by atoms with van der Waals surface area (Å²) >= 11 is 0. The average Bonchev–Trinajstić information content (AvgIpc) is 3.13. The number of rotatable bonds is 2. The zero-order valence-electron chi connectivity index (χ0n) is 18.6. The molecule has 8 nitrogen and oxygen atoms in total. The lowest BCUT2D eigenvalue weighted by atomic mass is 9.80. The molecule has 0 saturated carbocycles. The van der Waals surface area contributed by atoms with Gasteiger partial charge in [0.15, 0.2) is 23.0 Å². The van der Waals surface area contributed by atoms with E-state index in [2.05, 4.69) is 20.4 Å². The number of amides is 1. The summed E-state index contributed by atoms with van der Waals surface area (Å²) in [5.74, 6) is -4.96. The van der Waals surface area contributed by atoms with E-state index in [-0.39, 0.29) is 34.2 Å². The molecule has 0 bridgehead atoms. The monoisotopic (exact) mass is 496 g/mol. The predicted octanol–water partition coefficient (Wildman–Crippen LogP) is 3.67. The van der Waals surface area contributed by atoms with Crippen molar-refractivity contribution in [1.82, 2.24) is 25.1 Å². The second-order valence-corrected chi connectivity index (χ2v) is 8.99. The molecule has 2 aliphatic rings. The van der Waals surface area contributed by atoms with E-state index in [9.17, 15) is 31.9 Å². The van der Waals surface area contributed by atoms with Gasteiger partial charge >= 0.3 is 6.18 Å². The van der Waals surface area contributed by atoms with Gasteiger partial charge in [0, 0.05) is 43.9 Å². The molecule has 2 N–H and O–H groups in total. The number of benzene rings is 1. The number of nitrogens with one attached hydrogen (secondary N) is 1. The number of aromatic nitrogens is 4. The van der Waals surface area contributed by atoms with Gasteiger partial charge < -0.3 is 15.3 Å². The molecule has 4 heterocycles. The molecule has 1 amide bonds. The van der Waals surface area contributed by atoms with Crippen molar-refractivity contribution in [2.45, 2.75) is 43.8 Å². The molecule has 186 valence electrons. The third-order valence-corrected chi connectivity index (χ3v) is 6.77. The molecular formula is C22H21F5N6O2. The van der Waals surface area contributed by atoms with E-state index in [1.165, 1.54) is 17.9 Å². The number of carbonyl (C=O) groups is 1. The Hall–Kier alpha value is -3.51. The van der Waals surface area contributed by atoms with Gasteiger partial charge in [-0.15, -0.1) is 0 Å². The highest BCUT2D eigenvalue weighted by Crippen LogP contribution is 2.41. The van der Waals surface area contributed by atoms with Gasteiger partial charge in [0.1, 0.15) is 5.69 Å². The van der Waals surface area contributed by atoms with Gasteiger partial charge in [0.25, 0.3) is 0 Å². The second kappa shape index (κ2) is 8.02. The van der Waals surface area contributed by atoms with Crippen LogP contribution in [0, 0.1) is 11.6 Å². The van der Waals surface area contributed by atoms with Crippen LogP contribution in [0.1, 0.15) is 37.7 Å². The fourth-order valence-electron chi connectivity index (χ4n) is 4.90. The SMILES string of the molecule is Cn1nc(-c2cc(C(F)(F)F)c(F)c(O)c2F)c2cnc(N3CCC4(CCCC(=O)N4)CC3)nc21. The summed E-state index contributed by atoms with van der Waals surface area (Å²) in [6, 6.07) is 0.280. The molecule has 3 aromatic rings. The van der Waals surface area contributed by atoms with Crippen LogP contribution in [0.5, 0.6) is 5.75 Å². The van der Waals surface area contributed by atoms with E-state index in [0.717, 1.165) is 25.7 Å². The Morgan fingerprint density at radius 3 is 2.51 bits per heavy atom. The van der Waals surface area contributed by atoms with Crippen LogP contribution in [0.3, 0.4) is 0 Å². The van der Waals surface area contributed by atoms with E-state index < -0.39 is 34.7 Å². The summed E-state index contributed by atoms with van der Waals surface area (Å²) in [5, 5.41) is 17.0. The Morgan fingerprint density at radius 2 is 1.86 bits per heavy atom. The topological polar surface area (TPSA) is 96.2 Å². The standard InChI is InChI=1S/C22H21F5N6O2/c1-32-19-12(17(31-32)11-9-13(22(25,26)27)16(24)18(35)15(11)23)10-28-20(29-19)33-7-5-21(6-8-33)4-2-3-14(34)30-21/h9-10,35H,2-8H2,1H3,(H,30,34). The highest BCUT2D eigenvalue weighted by Gasteiger charge is 2.39. The van der Waals surface area contributed by atoms with Crippen LogP contribution in [0.25, 0.3) is 22.3 Å². The number of halogens is 5. The van der Waals surface area contributed by atoms with Crippen molar-refractivity contribution in [3.8, 4) is 17.0 Å². The minimum Gasteiger partial charge on any atom is -0.503 e. The van der Waals surface area contributed by atoms with Crippen molar-refractivity contribution in [2.24, 2.45) is 7.05 Å². The van der Waals surface area contributed by atoms with E-state index in [4.69, 9.17) is 0 Å². The van der Waals surface area contributed by atoms with Gasteiger partial charge in [-0.1, -0.05) is 0 Å². The zero-order valence-corrected chi connectivity index (χ0v) is 18.6. The molecular weight excluding hydrogens is 475 g/mol. The Balaban J connectivity index is 1.49. The molecule has 5 rings (SSSR count). The van der Waals surface area contributed by atoms with Crippen molar-refractivity contribution < 1.29 is 31.9 Å². The first-order chi connectivity index (χ1) is 16.5. The molecule has 35 heavy (non-hydrogen) atoms. The van der Waals surface area contributed by atoms with Crippen LogP contribution >= 0.6 is 0 Å². The first kappa shape index (κ1) is 23.2. The maximum atomic E-state index is 14.6. The number of piperidine rings is 2. The van der Waals surface area contributed by atoms with Crippen molar-refractivity contribution in [3.63, 3.8) is 0 Å². The van der Waals surface area contributed by atoms with Gasteiger partial charge in [0.2, 0.25) is 11.9 Å². The number of phenolic OH excluding ortho intramolecular Hbond substituents is 1. The molecule has 13 heteroatoms. The lowest BCUT2D eigenvalue weighted by Gasteiger charge is -2.44. The molecule has 1 aromatic carbocycles. The highest BCUT2D eigenvalue weighted by atomic mass is 19.4. The summed E-state index contributed by atoms with van der Waals surface area (Å²) in [6.07, 6.45) is -0.105.